The van der Waals surface area contributed by atoms with Crippen molar-refractivity contribution >= 4 is 11.5 Å². The monoisotopic (exact) mass is 207 g/mol. The lowest BCUT2D eigenvalue weighted by Crippen LogP contribution is -2.32. The highest BCUT2D eigenvalue weighted by Crippen LogP contribution is 2.20. The molecule has 0 amide bonds. The summed E-state index contributed by atoms with van der Waals surface area (Å²) in [5.41, 5.74) is 7.56. The van der Waals surface area contributed by atoms with Crippen molar-refractivity contribution < 1.29 is 4.74 Å². The molecular formula is C11H17N3O. The zero-order chi connectivity index (χ0) is 10.8. The number of rotatable bonds is 2. The molecule has 0 aromatic carbocycles. The third-order valence-corrected chi connectivity index (χ3v) is 2.95. The van der Waals surface area contributed by atoms with Crippen LogP contribution in [0, 0.1) is 6.92 Å². The standard InChI is InChI=1S/C11H17N3O/c1-8-5-11(13-6-10(8)12)14(2)9-3-4-15-7-9/h5-6,9H,3-4,7,12H2,1-2H3. The van der Waals surface area contributed by atoms with E-state index in [2.05, 4.69) is 16.9 Å². The molecular weight excluding hydrogens is 190 g/mol. The van der Waals surface area contributed by atoms with Gasteiger partial charge in [-0.3, -0.25) is 0 Å². The van der Waals surface area contributed by atoms with Crippen LogP contribution >= 0.6 is 0 Å². The van der Waals surface area contributed by atoms with E-state index in [0.29, 0.717) is 6.04 Å². The molecule has 2 N–H and O–H groups in total. The summed E-state index contributed by atoms with van der Waals surface area (Å²) < 4.78 is 5.36. The summed E-state index contributed by atoms with van der Waals surface area (Å²) in [6.07, 6.45) is 2.79. The van der Waals surface area contributed by atoms with Crippen molar-refractivity contribution in [3.63, 3.8) is 0 Å². The first-order chi connectivity index (χ1) is 7.18. The summed E-state index contributed by atoms with van der Waals surface area (Å²) in [4.78, 5) is 6.50. The van der Waals surface area contributed by atoms with Crippen LogP contribution in [0.4, 0.5) is 11.5 Å². The third kappa shape index (κ3) is 2.04. The number of hydrogen-bond acceptors (Lipinski definition) is 4. The molecule has 2 rings (SSSR count). The Hall–Kier alpha value is -1.29. The molecule has 1 unspecified atom stereocenters. The topological polar surface area (TPSA) is 51.4 Å². The Kier molecular flexibility index (Phi) is 2.77. The van der Waals surface area contributed by atoms with E-state index in [4.69, 9.17) is 10.5 Å². The van der Waals surface area contributed by atoms with Gasteiger partial charge in [0.25, 0.3) is 0 Å². The van der Waals surface area contributed by atoms with E-state index in [0.717, 1.165) is 36.7 Å². The highest BCUT2D eigenvalue weighted by molar-refractivity contribution is 5.52. The molecule has 0 saturated carbocycles. The molecule has 15 heavy (non-hydrogen) atoms. The molecule has 1 aromatic rings. The van der Waals surface area contributed by atoms with Gasteiger partial charge in [0.2, 0.25) is 0 Å². The number of nitrogens with zero attached hydrogens (tertiary/aromatic N) is 2. The Morgan fingerprint density at radius 1 is 1.60 bits per heavy atom. The first-order valence-electron chi connectivity index (χ1n) is 5.21. The molecule has 1 saturated heterocycles. The average molecular weight is 207 g/mol. The number of nitrogens with two attached hydrogens (primary N) is 1. The molecule has 82 valence electrons. The number of pyridine rings is 1. The maximum Gasteiger partial charge on any atom is 0.128 e. The Balaban J connectivity index is 2.17. The van der Waals surface area contributed by atoms with Gasteiger partial charge in [-0.25, -0.2) is 4.98 Å². The molecule has 1 aliphatic rings. The van der Waals surface area contributed by atoms with Gasteiger partial charge in [-0.05, 0) is 25.0 Å². The Labute approximate surface area is 90.0 Å². The molecule has 0 spiro atoms. The van der Waals surface area contributed by atoms with Crippen LogP contribution < -0.4 is 10.6 Å². The van der Waals surface area contributed by atoms with Crippen LogP contribution in [-0.4, -0.2) is 31.3 Å². The minimum absolute atomic E-state index is 0.445. The van der Waals surface area contributed by atoms with E-state index in [9.17, 15) is 0 Å². The fraction of sp³-hybridized carbons (Fsp3) is 0.545. The fourth-order valence-corrected chi connectivity index (χ4v) is 1.76. The Morgan fingerprint density at radius 2 is 2.40 bits per heavy atom. The van der Waals surface area contributed by atoms with Gasteiger partial charge in [-0.1, -0.05) is 0 Å². The van der Waals surface area contributed by atoms with Crippen LogP contribution in [0.15, 0.2) is 12.3 Å². The summed E-state index contributed by atoms with van der Waals surface area (Å²) >= 11 is 0. The van der Waals surface area contributed by atoms with Gasteiger partial charge in [-0.15, -0.1) is 0 Å². The van der Waals surface area contributed by atoms with E-state index >= 15 is 0 Å². The Morgan fingerprint density at radius 3 is 3.00 bits per heavy atom. The van der Waals surface area contributed by atoms with Crippen LogP contribution in [0.2, 0.25) is 0 Å². The number of ether oxygens (including phenoxy) is 1. The third-order valence-electron chi connectivity index (χ3n) is 2.95. The van der Waals surface area contributed by atoms with Crippen molar-refractivity contribution in [2.45, 2.75) is 19.4 Å². The zero-order valence-corrected chi connectivity index (χ0v) is 9.23. The lowest BCUT2D eigenvalue weighted by molar-refractivity contribution is 0.193. The number of aryl methyl sites for hydroxylation is 1. The lowest BCUT2D eigenvalue weighted by atomic mass is 10.2. The number of nitrogen functional groups attached to an aromatic ring is 1. The van der Waals surface area contributed by atoms with Crippen molar-refractivity contribution in [3.8, 4) is 0 Å². The maximum atomic E-state index is 5.74. The van der Waals surface area contributed by atoms with Crippen LogP contribution in [0.3, 0.4) is 0 Å². The van der Waals surface area contributed by atoms with E-state index in [1.54, 1.807) is 6.20 Å². The van der Waals surface area contributed by atoms with Crippen molar-refractivity contribution in [1.82, 2.24) is 4.98 Å². The van der Waals surface area contributed by atoms with E-state index in [1.807, 2.05) is 13.0 Å². The molecule has 2 heterocycles. The summed E-state index contributed by atoms with van der Waals surface area (Å²) in [6, 6.07) is 2.47. The molecule has 4 nitrogen and oxygen atoms in total. The van der Waals surface area contributed by atoms with Crippen LogP contribution in [-0.2, 0) is 4.74 Å². The fourth-order valence-electron chi connectivity index (χ4n) is 1.76. The van der Waals surface area contributed by atoms with Crippen molar-refractivity contribution in [2.75, 3.05) is 30.9 Å². The van der Waals surface area contributed by atoms with Crippen LogP contribution in [0.5, 0.6) is 0 Å². The summed E-state index contributed by atoms with van der Waals surface area (Å²) in [7, 11) is 2.05. The number of hydrogen-bond donors (Lipinski definition) is 1. The first kappa shape index (κ1) is 10.2. The van der Waals surface area contributed by atoms with Gasteiger partial charge >= 0.3 is 0 Å². The van der Waals surface area contributed by atoms with Gasteiger partial charge in [0, 0.05) is 13.7 Å². The molecule has 0 radical (unpaired) electrons. The molecule has 0 aliphatic carbocycles. The van der Waals surface area contributed by atoms with E-state index < -0.39 is 0 Å². The summed E-state index contributed by atoms with van der Waals surface area (Å²) in [5, 5.41) is 0. The molecule has 1 fully saturated rings. The largest absolute Gasteiger partial charge is 0.397 e. The smallest absolute Gasteiger partial charge is 0.128 e. The van der Waals surface area contributed by atoms with Gasteiger partial charge in [0.1, 0.15) is 5.82 Å². The summed E-state index contributed by atoms with van der Waals surface area (Å²) in [5.74, 6) is 0.970. The quantitative estimate of drug-likeness (QED) is 0.791. The minimum Gasteiger partial charge on any atom is -0.397 e. The lowest BCUT2D eigenvalue weighted by Gasteiger charge is -2.24. The summed E-state index contributed by atoms with van der Waals surface area (Å²) in [6.45, 7) is 3.64. The van der Waals surface area contributed by atoms with Crippen LogP contribution in [0.1, 0.15) is 12.0 Å². The van der Waals surface area contributed by atoms with E-state index in [1.165, 1.54) is 0 Å². The van der Waals surface area contributed by atoms with Crippen molar-refractivity contribution in [1.29, 1.82) is 0 Å². The van der Waals surface area contributed by atoms with Gasteiger partial charge in [0.05, 0.1) is 24.5 Å². The second-order valence-electron chi connectivity index (χ2n) is 4.03. The number of anilines is 2. The number of likely N-dealkylation sites (N-methyl/N-ethyl adjacent to an activating group) is 1. The second-order valence-corrected chi connectivity index (χ2v) is 4.03. The van der Waals surface area contributed by atoms with Gasteiger partial charge in [-0.2, -0.15) is 0 Å². The predicted octanol–water partition coefficient (Wildman–Crippen LogP) is 1.20. The number of aromatic nitrogens is 1. The molecule has 1 aromatic heterocycles. The van der Waals surface area contributed by atoms with E-state index in [-0.39, 0.29) is 0 Å². The molecule has 4 heteroatoms. The van der Waals surface area contributed by atoms with Gasteiger partial charge < -0.3 is 15.4 Å². The normalized spacial score (nSPS) is 20.5. The SMILES string of the molecule is Cc1cc(N(C)C2CCOC2)ncc1N. The maximum absolute atomic E-state index is 5.74. The van der Waals surface area contributed by atoms with Crippen molar-refractivity contribution in [2.24, 2.45) is 0 Å². The predicted molar refractivity (Wildman–Crippen MR) is 61.0 cm³/mol. The molecule has 1 aliphatic heterocycles. The Bertz CT molecular complexity index is 348. The second kappa shape index (κ2) is 4.06. The van der Waals surface area contributed by atoms with Crippen LogP contribution in [0.25, 0.3) is 0 Å². The highest BCUT2D eigenvalue weighted by Gasteiger charge is 2.21. The van der Waals surface area contributed by atoms with Crippen molar-refractivity contribution in [3.05, 3.63) is 17.8 Å². The average Bonchev–Trinajstić information content (AvgIpc) is 2.74. The first-order valence-corrected chi connectivity index (χ1v) is 5.21. The highest BCUT2D eigenvalue weighted by atomic mass is 16.5. The zero-order valence-electron chi connectivity index (χ0n) is 9.23. The molecule has 1 atom stereocenters. The minimum atomic E-state index is 0.445. The van der Waals surface area contributed by atoms with Gasteiger partial charge in [0.15, 0.2) is 0 Å². The molecule has 0 bridgehead atoms.